The van der Waals surface area contributed by atoms with Gasteiger partial charge in [-0.3, -0.25) is 19.4 Å². The number of ether oxygens (including phenoxy) is 4. The predicted octanol–water partition coefficient (Wildman–Crippen LogP) is 6.81. The Labute approximate surface area is 313 Å². The molecule has 0 fully saturated rings. The highest BCUT2D eigenvalue weighted by atomic mass is 16.5. The van der Waals surface area contributed by atoms with Crippen molar-refractivity contribution in [1.29, 1.82) is 0 Å². The first-order chi connectivity index (χ1) is 25.8. The van der Waals surface area contributed by atoms with Gasteiger partial charge in [-0.15, -0.1) is 0 Å². The van der Waals surface area contributed by atoms with E-state index in [0.29, 0.717) is 46.7 Å². The molecule has 2 N–H and O–H groups in total. The van der Waals surface area contributed by atoms with Crippen LogP contribution in [0.25, 0.3) is 44.9 Å². The number of H-pyrrole nitrogens is 2. The van der Waals surface area contributed by atoms with Crippen molar-refractivity contribution in [3.05, 3.63) is 93.6 Å². The number of nitrogens with one attached hydrogen (secondary N) is 2. The largest absolute Gasteiger partial charge is 0.469 e. The standard InChI is InChI=1S/C42H44N4O8/c1-10-24-21(2)30-18-35-28-14-11-27(40(49)53-8)39(41(50)54-9)42(28,5)36(46-35)20-31-23(4)26(13-16-38(48)52-7)34(45-31)19-33-25(12-15-37(47)51-6)22(3)29(44-33)17-32(24)43-30/h10-11,14,17-20,39,43,45H,1,12-13,15-16H2,2-9H3/t39-,42+/m0/s1. The lowest BCUT2D eigenvalue weighted by Crippen LogP contribution is -2.42. The number of esters is 4. The average Bonchev–Trinajstić information content (AvgIpc) is 3.82. The zero-order chi connectivity index (χ0) is 39.1. The number of fused-ring (bicyclic) bond motifs is 11. The number of methoxy groups -OCH3 is 4. The van der Waals surface area contributed by atoms with Gasteiger partial charge < -0.3 is 28.9 Å². The van der Waals surface area contributed by atoms with E-state index in [0.717, 1.165) is 50.0 Å². The molecule has 2 atom stereocenters. The number of carbonyl (C=O) groups is 4. The minimum Gasteiger partial charge on any atom is -0.469 e. The van der Waals surface area contributed by atoms with E-state index in [1.54, 1.807) is 12.2 Å². The van der Waals surface area contributed by atoms with Gasteiger partial charge in [-0.05, 0) is 98.2 Å². The van der Waals surface area contributed by atoms with E-state index in [4.69, 9.17) is 28.9 Å². The van der Waals surface area contributed by atoms with Crippen LogP contribution in [-0.4, -0.2) is 72.3 Å². The Bertz CT molecular complexity index is 2390. The molecule has 0 aromatic carbocycles. The summed E-state index contributed by atoms with van der Waals surface area (Å²) in [7, 11) is 5.28. The SMILES string of the molecule is C=Cc1c(C)c2cc3nc(cc4[nH]c(cc5nc(cc1[nH]2)C(C)=C5CCC(=O)OC)c(CCC(=O)OC)c4C)[C@@]1(C)C3=CC=C(C(=O)OC)[C@H]1C(=O)OC. The first-order valence-electron chi connectivity index (χ1n) is 17.6. The van der Waals surface area contributed by atoms with Crippen molar-refractivity contribution in [2.45, 2.75) is 58.8 Å². The molecule has 0 saturated carbocycles. The molecule has 0 unspecified atom stereocenters. The Morgan fingerprint density at radius 1 is 0.759 bits per heavy atom. The third-order valence-corrected chi connectivity index (χ3v) is 10.9. The maximum absolute atomic E-state index is 13.7. The maximum atomic E-state index is 13.7. The van der Waals surface area contributed by atoms with Crippen molar-refractivity contribution in [3.63, 3.8) is 0 Å². The Morgan fingerprint density at radius 2 is 1.39 bits per heavy atom. The van der Waals surface area contributed by atoms with Crippen LogP contribution in [0, 0.1) is 19.8 Å². The number of nitrogens with zero attached hydrogens (tertiary/aromatic N) is 2. The summed E-state index contributed by atoms with van der Waals surface area (Å²) >= 11 is 0. The van der Waals surface area contributed by atoms with E-state index in [-0.39, 0.29) is 30.4 Å². The normalized spacial score (nSPS) is 17.6. The lowest BCUT2D eigenvalue weighted by Gasteiger charge is -2.36. The number of carbonyl (C=O) groups excluding carboxylic acids is 4. The molecule has 0 spiro atoms. The van der Waals surface area contributed by atoms with Crippen LogP contribution in [-0.2, 0) is 50.0 Å². The zero-order valence-corrected chi connectivity index (χ0v) is 31.8. The fourth-order valence-corrected chi connectivity index (χ4v) is 7.78. The minimum atomic E-state index is -1.16. The monoisotopic (exact) mass is 732 g/mol. The first kappa shape index (κ1) is 37.7. The van der Waals surface area contributed by atoms with Crippen molar-refractivity contribution >= 4 is 68.7 Å². The Balaban J connectivity index is 1.76. The van der Waals surface area contributed by atoms with Crippen molar-refractivity contribution in [1.82, 2.24) is 19.9 Å². The van der Waals surface area contributed by atoms with Gasteiger partial charge in [0.05, 0.1) is 62.2 Å². The highest BCUT2D eigenvalue weighted by Gasteiger charge is 2.53. The van der Waals surface area contributed by atoms with Gasteiger partial charge in [0.1, 0.15) is 5.92 Å². The maximum Gasteiger partial charge on any atom is 0.334 e. The van der Waals surface area contributed by atoms with E-state index in [1.165, 1.54) is 28.4 Å². The Hall–Kier alpha value is -6.04. The van der Waals surface area contributed by atoms with Crippen LogP contribution in [0.3, 0.4) is 0 Å². The molecule has 5 heterocycles. The molecule has 0 saturated heterocycles. The van der Waals surface area contributed by atoms with Gasteiger partial charge >= 0.3 is 23.9 Å². The topological polar surface area (TPSA) is 163 Å². The molecule has 12 heteroatoms. The molecule has 54 heavy (non-hydrogen) atoms. The third kappa shape index (κ3) is 6.35. The second kappa shape index (κ2) is 14.8. The summed E-state index contributed by atoms with van der Waals surface area (Å²) in [6, 6.07) is 7.72. The third-order valence-electron chi connectivity index (χ3n) is 10.9. The summed E-state index contributed by atoms with van der Waals surface area (Å²) < 4.78 is 20.4. The van der Waals surface area contributed by atoms with Crippen LogP contribution in [0.2, 0.25) is 0 Å². The number of hydrogen-bond donors (Lipinski definition) is 2. The molecule has 3 aromatic rings. The molecule has 3 aromatic heterocycles. The molecule has 12 nitrogen and oxygen atoms in total. The summed E-state index contributed by atoms with van der Waals surface area (Å²) in [4.78, 5) is 69.0. The van der Waals surface area contributed by atoms with Gasteiger partial charge in [0.25, 0.3) is 0 Å². The Morgan fingerprint density at radius 3 is 2.04 bits per heavy atom. The minimum absolute atomic E-state index is 0.131. The number of aromatic amines is 2. The van der Waals surface area contributed by atoms with Crippen molar-refractivity contribution in [3.8, 4) is 0 Å². The van der Waals surface area contributed by atoms with E-state index >= 15 is 0 Å². The Kier molecular flexibility index (Phi) is 10.3. The van der Waals surface area contributed by atoms with Gasteiger partial charge in [0.15, 0.2) is 0 Å². The van der Waals surface area contributed by atoms with E-state index in [2.05, 4.69) is 16.5 Å². The number of allylic oxidation sites excluding steroid dienone is 5. The fraction of sp³-hybridized carbons (Fsp3) is 0.333. The van der Waals surface area contributed by atoms with Crippen LogP contribution in [0.4, 0.5) is 0 Å². The van der Waals surface area contributed by atoms with Crippen LogP contribution in [0.1, 0.15) is 78.1 Å². The molecule has 3 aliphatic rings. The summed E-state index contributed by atoms with van der Waals surface area (Å²) in [5.41, 5.74) is 10.4. The van der Waals surface area contributed by atoms with Crippen molar-refractivity contribution in [2.75, 3.05) is 28.4 Å². The summed E-state index contributed by atoms with van der Waals surface area (Å²) in [5.74, 6) is -3.03. The zero-order valence-electron chi connectivity index (χ0n) is 31.8. The molecule has 0 radical (unpaired) electrons. The van der Waals surface area contributed by atoms with Crippen molar-refractivity contribution < 1.29 is 38.1 Å². The fourth-order valence-electron chi connectivity index (χ4n) is 7.78. The molecular weight excluding hydrogens is 688 g/mol. The molecule has 8 bridgehead atoms. The molecule has 2 aliphatic heterocycles. The smallest absolute Gasteiger partial charge is 0.334 e. The van der Waals surface area contributed by atoms with E-state index in [1.807, 2.05) is 58.0 Å². The highest BCUT2D eigenvalue weighted by molar-refractivity contribution is 6.02. The van der Waals surface area contributed by atoms with Gasteiger partial charge in [-0.25, -0.2) is 9.78 Å². The summed E-state index contributed by atoms with van der Waals surface area (Å²) in [6.45, 7) is 11.9. The van der Waals surface area contributed by atoms with Crippen LogP contribution in [0.15, 0.2) is 48.6 Å². The van der Waals surface area contributed by atoms with Crippen LogP contribution < -0.4 is 0 Å². The van der Waals surface area contributed by atoms with Gasteiger partial charge in [0.2, 0.25) is 0 Å². The van der Waals surface area contributed by atoms with Gasteiger partial charge in [0, 0.05) is 40.5 Å². The molecule has 1 aliphatic carbocycles. The van der Waals surface area contributed by atoms with Crippen LogP contribution >= 0.6 is 0 Å². The summed E-state index contributed by atoms with van der Waals surface area (Å²) in [6.07, 6.45) is 6.25. The van der Waals surface area contributed by atoms with Gasteiger partial charge in [-0.2, -0.15) is 0 Å². The number of aromatic nitrogens is 4. The van der Waals surface area contributed by atoms with E-state index < -0.39 is 23.3 Å². The molecule has 6 rings (SSSR count). The second-order valence-electron chi connectivity index (χ2n) is 13.7. The first-order valence-corrected chi connectivity index (χ1v) is 17.6. The highest BCUT2D eigenvalue weighted by Crippen LogP contribution is 2.52. The quantitative estimate of drug-likeness (QED) is 0.177. The average molecular weight is 733 g/mol. The molecule has 280 valence electrons. The van der Waals surface area contributed by atoms with E-state index in [9.17, 15) is 19.2 Å². The number of hydrogen-bond acceptors (Lipinski definition) is 10. The lowest BCUT2D eigenvalue weighted by molar-refractivity contribution is -0.149. The lowest BCUT2D eigenvalue weighted by atomic mass is 9.64. The predicted molar refractivity (Wildman–Crippen MR) is 206 cm³/mol. The van der Waals surface area contributed by atoms with Gasteiger partial charge in [-0.1, -0.05) is 24.8 Å². The molecular formula is C42H44N4O8. The van der Waals surface area contributed by atoms with Crippen molar-refractivity contribution in [2.24, 2.45) is 5.92 Å². The second-order valence-corrected chi connectivity index (χ2v) is 13.7. The number of aryl methyl sites for hydroxylation is 3. The number of rotatable bonds is 9. The molecule has 0 amide bonds. The van der Waals surface area contributed by atoms with Crippen LogP contribution in [0.5, 0.6) is 0 Å². The summed E-state index contributed by atoms with van der Waals surface area (Å²) in [5, 5.41) is 0.